The molecule has 114 valence electrons. The molecular formula is C16H22N2O3. The number of carbonyl (C=O) groups is 2. The van der Waals surface area contributed by atoms with E-state index in [0.717, 1.165) is 11.3 Å². The SMILES string of the molecule is CCC1(CC)C(=O)NCC(=O)N1Cc1ccccc1OC. The van der Waals surface area contributed by atoms with Crippen molar-refractivity contribution in [3.8, 4) is 5.75 Å². The van der Waals surface area contributed by atoms with Crippen LogP contribution in [0.4, 0.5) is 0 Å². The van der Waals surface area contributed by atoms with Crippen LogP contribution < -0.4 is 10.1 Å². The van der Waals surface area contributed by atoms with Gasteiger partial charge in [0.05, 0.1) is 20.2 Å². The first-order valence-corrected chi connectivity index (χ1v) is 7.29. The van der Waals surface area contributed by atoms with E-state index in [0.29, 0.717) is 19.4 Å². The molecule has 0 saturated carbocycles. The van der Waals surface area contributed by atoms with Crippen LogP contribution in [-0.4, -0.2) is 35.9 Å². The van der Waals surface area contributed by atoms with E-state index < -0.39 is 5.54 Å². The first kappa shape index (κ1) is 15.4. The maximum Gasteiger partial charge on any atom is 0.246 e. The fourth-order valence-corrected chi connectivity index (χ4v) is 2.97. The predicted molar refractivity (Wildman–Crippen MR) is 79.9 cm³/mol. The Morgan fingerprint density at radius 1 is 1.24 bits per heavy atom. The summed E-state index contributed by atoms with van der Waals surface area (Å²) in [6.45, 7) is 4.33. The molecule has 2 amide bonds. The highest BCUT2D eigenvalue weighted by Gasteiger charge is 2.46. The molecule has 0 aliphatic carbocycles. The second-order valence-corrected chi connectivity index (χ2v) is 5.21. The summed E-state index contributed by atoms with van der Waals surface area (Å²) in [4.78, 5) is 26.4. The molecule has 21 heavy (non-hydrogen) atoms. The van der Waals surface area contributed by atoms with Gasteiger partial charge in [-0.1, -0.05) is 32.0 Å². The van der Waals surface area contributed by atoms with Crippen molar-refractivity contribution in [2.24, 2.45) is 0 Å². The van der Waals surface area contributed by atoms with Crippen molar-refractivity contribution in [1.82, 2.24) is 10.2 Å². The van der Waals surface area contributed by atoms with Gasteiger partial charge >= 0.3 is 0 Å². The van der Waals surface area contributed by atoms with Crippen LogP contribution in [0.15, 0.2) is 24.3 Å². The monoisotopic (exact) mass is 290 g/mol. The molecule has 5 heteroatoms. The zero-order chi connectivity index (χ0) is 15.5. The molecule has 1 aliphatic heterocycles. The summed E-state index contributed by atoms with van der Waals surface area (Å²) in [6.07, 6.45) is 1.19. The number of benzene rings is 1. The van der Waals surface area contributed by atoms with Crippen molar-refractivity contribution in [3.05, 3.63) is 29.8 Å². The van der Waals surface area contributed by atoms with Gasteiger partial charge in [0.25, 0.3) is 0 Å². The largest absolute Gasteiger partial charge is 0.496 e. The highest BCUT2D eigenvalue weighted by Crippen LogP contribution is 2.31. The quantitative estimate of drug-likeness (QED) is 0.898. The third-order valence-corrected chi connectivity index (χ3v) is 4.33. The lowest BCUT2D eigenvalue weighted by Gasteiger charge is -2.45. The standard InChI is InChI=1S/C16H22N2O3/c1-4-16(5-2)15(20)17-10-14(19)18(16)11-12-8-6-7-9-13(12)21-3/h6-9H,4-5,10-11H2,1-3H3,(H,17,20). The van der Waals surface area contributed by atoms with Crippen LogP contribution in [-0.2, 0) is 16.1 Å². The third-order valence-electron chi connectivity index (χ3n) is 4.33. The third kappa shape index (κ3) is 2.60. The summed E-state index contributed by atoms with van der Waals surface area (Å²) >= 11 is 0. The molecule has 5 nitrogen and oxygen atoms in total. The van der Waals surface area contributed by atoms with Gasteiger partial charge < -0.3 is 15.0 Å². The number of methoxy groups -OCH3 is 1. The van der Waals surface area contributed by atoms with Crippen molar-refractivity contribution in [2.45, 2.75) is 38.8 Å². The molecule has 0 aromatic heterocycles. The fraction of sp³-hybridized carbons (Fsp3) is 0.500. The smallest absolute Gasteiger partial charge is 0.246 e. The Morgan fingerprint density at radius 2 is 1.90 bits per heavy atom. The summed E-state index contributed by atoms with van der Waals surface area (Å²) < 4.78 is 5.35. The normalized spacial score (nSPS) is 17.6. The Morgan fingerprint density at radius 3 is 2.52 bits per heavy atom. The Balaban J connectivity index is 2.38. The topological polar surface area (TPSA) is 58.6 Å². The molecule has 1 aromatic rings. The van der Waals surface area contributed by atoms with E-state index in [2.05, 4.69) is 5.32 Å². The van der Waals surface area contributed by atoms with E-state index in [4.69, 9.17) is 4.74 Å². The number of nitrogens with zero attached hydrogens (tertiary/aromatic N) is 1. The lowest BCUT2D eigenvalue weighted by atomic mass is 9.87. The minimum Gasteiger partial charge on any atom is -0.496 e. The van der Waals surface area contributed by atoms with Crippen LogP contribution in [0.25, 0.3) is 0 Å². The number of piperazine rings is 1. The van der Waals surface area contributed by atoms with Crippen LogP contribution in [0, 0.1) is 0 Å². The lowest BCUT2D eigenvalue weighted by Crippen LogP contribution is -2.66. The van der Waals surface area contributed by atoms with Gasteiger partial charge in [0.1, 0.15) is 11.3 Å². The van der Waals surface area contributed by atoms with Gasteiger partial charge in [0.2, 0.25) is 11.8 Å². The van der Waals surface area contributed by atoms with Crippen LogP contribution in [0.2, 0.25) is 0 Å². The molecular weight excluding hydrogens is 268 g/mol. The molecule has 1 saturated heterocycles. The van der Waals surface area contributed by atoms with E-state index in [1.165, 1.54) is 0 Å². The van der Waals surface area contributed by atoms with E-state index in [1.54, 1.807) is 12.0 Å². The molecule has 1 fully saturated rings. The summed E-state index contributed by atoms with van der Waals surface area (Å²) in [5.41, 5.74) is 0.144. The zero-order valence-corrected chi connectivity index (χ0v) is 12.8. The van der Waals surface area contributed by atoms with Crippen molar-refractivity contribution < 1.29 is 14.3 Å². The average molecular weight is 290 g/mol. The first-order valence-electron chi connectivity index (χ1n) is 7.29. The van der Waals surface area contributed by atoms with Crippen molar-refractivity contribution in [1.29, 1.82) is 0 Å². The fourth-order valence-electron chi connectivity index (χ4n) is 2.97. The Labute approximate surface area is 125 Å². The van der Waals surface area contributed by atoms with Crippen molar-refractivity contribution >= 4 is 11.8 Å². The molecule has 0 spiro atoms. The number of para-hydroxylation sites is 1. The summed E-state index contributed by atoms with van der Waals surface area (Å²) in [7, 11) is 1.61. The van der Waals surface area contributed by atoms with E-state index in [1.807, 2.05) is 38.1 Å². The molecule has 1 heterocycles. The van der Waals surface area contributed by atoms with Crippen LogP contribution in [0.1, 0.15) is 32.3 Å². The number of ether oxygens (including phenoxy) is 1. The Hall–Kier alpha value is -2.04. The Kier molecular flexibility index (Phi) is 4.50. The van der Waals surface area contributed by atoms with E-state index in [-0.39, 0.29) is 18.4 Å². The molecule has 0 radical (unpaired) electrons. The van der Waals surface area contributed by atoms with Crippen molar-refractivity contribution in [2.75, 3.05) is 13.7 Å². The highest BCUT2D eigenvalue weighted by atomic mass is 16.5. The van der Waals surface area contributed by atoms with E-state index >= 15 is 0 Å². The number of hydrogen-bond acceptors (Lipinski definition) is 3. The number of hydrogen-bond donors (Lipinski definition) is 1. The average Bonchev–Trinajstić information content (AvgIpc) is 2.52. The molecule has 0 atom stereocenters. The highest BCUT2D eigenvalue weighted by molar-refractivity contribution is 5.97. The lowest BCUT2D eigenvalue weighted by molar-refractivity contribution is -0.155. The Bertz CT molecular complexity index is 538. The molecule has 1 aliphatic rings. The van der Waals surface area contributed by atoms with Crippen molar-refractivity contribution in [3.63, 3.8) is 0 Å². The number of rotatable bonds is 5. The maximum absolute atomic E-state index is 12.3. The molecule has 1 aromatic carbocycles. The molecule has 0 bridgehead atoms. The summed E-state index contributed by atoms with van der Waals surface area (Å²) in [5.74, 6) is 0.614. The molecule has 1 N–H and O–H groups in total. The van der Waals surface area contributed by atoms with Crippen LogP contribution >= 0.6 is 0 Å². The van der Waals surface area contributed by atoms with Gasteiger partial charge in [0, 0.05) is 5.56 Å². The van der Waals surface area contributed by atoms with Gasteiger partial charge in [0.15, 0.2) is 0 Å². The maximum atomic E-state index is 12.3. The summed E-state index contributed by atoms with van der Waals surface area (Å²) in [6, 6.07) is 7.59. The zero-order valence-electron chi connectivity index (χ0n) is 12.8. The van der Waals surface area contributed by atoms with Gasteiger partial charge in [-0.25, -0.2) is 0 Å². The molecule has 0 unspecified atom stereocenters. The van der Waals surface area contributed by atoms with Crippen LogP contribution in [0.3, 0.4) is 0 Å². The van der Waals surface area contributed by atoms with Gasteiger partial charge in [-0.15, -0.1) is 0 Å². The number of amides is 2. The second kappa shape index (κ2) is 6.16. The molecule has 2 rings (SSSR count). The number of nitrogens with one attached hydrogen (secondary N) is 1. The van der Waals surface area contributed by atoms with Gasteiger partial charge in [-0.3, -0.25) is 9.59 Å². The predicted octanol–water partition coefficient (Wildman–Crippen LogP) is 1.71. The first-order chi connectivity index (χ1) is 10.1. The minimum absolute atomic E-state index is 0.0517. The van der Waals surface area contributed by atoms with Gasteiger partial charge in [-0.05, 0) is 18.9 Å². The summed E-state index contributed by atoms with van der Waals surface area (Å²) in [5, 5.41) is 2.71. The van der Waals surface area contributed by atoms with E-state index in [9.17, 15) is 9.59 Å². The minimum atomic E-state index is -0.768. The van der Waals surface area contributed by atoms with Crippen LogP contribution in [0.5, 0.6) is 5.75 Å². The number of carbonyl (C=O) groups excluding carboxylic acids is 2. The van der Waals surface area contributed by atoms with Gasteiger partial charge in [-0.2, -0.15) is 0 Å². The second-order valence-electron chi connectivity index (χ2n) is 5.21.